The van der Waals surface area contributed by atoms with E-state index in [-0.39, 0.29) is 11.8 Å². The molecule has 37 heavy (non-hydrogen) atoms. The van der Waals surface area contributed by atoms with E-state index < -0.39 is 0 Å². The molecule has 8 nitrogen and oxygen atoms in total. The minimum Gasteiger partial charge on any atom is -0.493 e. The van der Waals surface area contributed by atoms with Crippen molar-refractivity contribution in [2.75, 3.05) is 39.6 Å². The summed E-state index contributed by atoms with van der Waals surface area (Å²) < 4.78 is 16.1. The number of hydrogen-bond donors (Lipinski definition) is 1. The van der Waals surface area contributed by atoms with Crippen molar-refractivity contribution in [3.8, 4) is 22.9 Å². The van der Waals surface area contributed by atoms with Crippen molar-refractivity contribution in [2.45, 2.75) is 31.6 Å². The summed E-state index contributed by atoms with van der Waals surface area (Å²) in [5.74, 6) is 4.48. The van der Waals surface area contributed by atoms with Crippen LogP contribution in [0.15, 0.2) is 47.0 Å². The predicted molar refractivity (Wildman–Crippen MR) is 146 cm³/mol. The van der Waals surface area contributed by atoms with E-state index >= 15 is 0 Å². The summed E-state index contributed by atoms with van der Waals surface area (Å²) in [4.78, 5) is 19.4. The highest BCUT2D eigenvalue weighted by Crippen LogP contribution is 2.31. The van der Waals surface area contributed by atoms with Crippen molar-refractivity contribution in [3.63, 3.8) is 0 Å². The molecule has 4 rings (SSSR count). The van der Waals surface area contributed by atoms with Crippen LogP contribution in [0.1, 0.15) is 30.7 Å². The van der Waals surface area contributed by atoms with Gasteiger partial charge < -0.3 is 19.3 Å². The molecule has 0 bridgehead atoms. The van der Waals surface area contributed by atoms with E-state index in [1.54, 1.807) is 14.2 Å². The number of methoxy groups -OCH3 is 2. The third-order valence-electron chi connectivity index (χ3n) is 6.35. The molecule has 0 unspecified atom stereocenters. The fourth-order valence-corrected chi connectivity index (χ4v) is 5.42. The van der Waals surface area contributed by atoms with E-state index in [2.05, 4.69) is 26.4 Å². The van der Waals surface area contributed by atoms with E-state index in [4.69, 9.17) is 25.6 Å². The van der Waals surface area contributed by atoms with Crippen LogP contribution in [-0.4, -0.2) is 60.6 Å². The molecule has 0 aliphatic carbocycles. The Balaban J connectivity index is 1.14. The number of halogens is 1. The zero-order chi connectivity index (χ0) is 26.0. The largest absolute Gasteiger partial charge is 0.493 e. The molecule has 1 fully saturated rings. The lowest BCUT2D eigenvalue weighted by molar-refractivity contribution is -0.126. The molecule has 1 aliphatic rings. The van der Waals surface area contributed by atoms with Crippen LogP contribution in [-0.2, 0) is 17.1 Å². The lowest BCUT2D eigenvalue weighted by atomic mass is 9.96. The van der Waals surface area contributed by atoms with Crippen LogP contribution in [0.25, 0.3) is 11.4 Å². The molecule has 2 heterocycles. The first-order valence-corrected chi connectivity index (χ1v) is 14.0. The molecular weight excluding hydrogens is 512 g/mol. The van der Waals surface area contributed by atoms with Gasteiger partial charge in [-0.15, -0.1) is 0 Å². The number of nitrogens with zero attached hydrogens (tertiary/aromatic N) is 3. The highest BCUT2D eigenvalue weighted by atomic mass is 35.5. The number of nitrogens with one attached hydrogen (secondary N) is 1. The third-order valence-corrected chi connectivity index (χ3v) is 7.70. The first-order chi connectivity index (χ1) is 18.1. The standard InChI is InChI=1S/C27H33ClN4O4S/c1-34-23-8-7-21(16-24(23)35-2)26-30-25(36-31-26)17-32-12-9-20(10-13-32)27(33)29-11-4-14-37-18-19-5-3-6-22(28)15-19/h3,5-8,15-16,20H,4,9-14,17-18H2,1-2H3,(H,29,33). The minimum atomic E-state index is 0.0559. The van der Waals surface area contributed by atoms with Gasteiger partial charge in [0.1, 0.15) is 0 Å². The van der Waals surface area contributed by atoms with Crippen LogP contribution in [0.2, 0.25) is 5.02 Å². The van der Waals surface area contributed by atoms with Crippen LogP contribution >= 0.6 is 23.4 Å². The third kappa shape index (κ3) is 7.87. The first-order valence-electron chi connectivity index (χ1n) is 12.4. The molecule has 10 heteroatoms. The Hall–Kier alpha value is -2.75. The number of aromatic nitrogens is 2. The molecule has 198 valence electrons. The maximum Gasteiger partial charge on any atom is 0.241 e. The number of piperidine rings is 1. The molecule has 0 radical (unpaired) electrons. The number of likely N-dealkylation sites (tertiary alicyclic amines) is 1. The highest BCUT2D eigenvalue weighted by molar-refractivity contribution is 7.98. The molecule has 0 spiro atoms. The Morgan fingerprint density at radius 1 is 1.16 bits per heavy atom. The van der Waals surface area contributed by atoms with Crippen LogP contribution in [0.4, 0.5) is 0 Å². The number of hydrogen-bond acceptors (Lipinski definition) is 8. The van der Waals surface area contributed by atoms with Gasteiger partial charge in [0.15, 0.2) is 11.5 Å². The second-order valence-corrected chi connectivity index (χ2v) is 10.5. The van der Waals surface area contributed by atoms with Crippen molar-refractivity contribution < 1.29 is 18.8 Å². The summed E-state index contributed by atoms with van der Waals surface area (Å²) in [6.07, 6.45) is 2.60. The van der Waals surface area contributed by atoms with Gasteiger partial charge in [-0.2, -0.15) is 16.7 Å². The van der Waals surface area contributed by atoms with E-state index in [0.717, 1.165) is 54.4 Å². The van der Waals surface area contributed by atoms with E-state index in [1.807, 2.05) is 48.2 Å². The van der Waals surface area contributed by atoms with Crippen LogP contribution in [0.3, 0.4) is 0 Å². The zero-order valence-corrected chi connectivity index (χ0v) is 22.8. The molecule has 2 aromatic carbocycles. The predicted octanol–water partition coefficient (Wildman–Crippen LogP) is 5.06. The Kier molecular flexibility index (Phi) is 10.1. The number of carbonyl (C=O) groups excluding carboxylic acids is 1. The molecule has 1 amide bonds. The van der Waals surface area contributed by atoms with Crippen molar-refractivity contribution in [1.29, 1.82) is 0 Å². The van der Waals surface area contributed by atoms with Gasteiger partial charge in [-0.1, -0.05) is 28.9 Å². The average molecular weight is 545 g/mol. The van der Waals surface area contributed by atoms with E-state index in [1.165, 1.54) is 5.56 Å². The molecule has 1 saturated heterocycles. The van der Waals surface area contributed by atoms with Crippen molar-refractivity contribution >= 4 is 29.3 Å². The lowest BCUT2D eigenvalue weighted by Gasteiger charge is -2.30. The molecular formula is C27H33ClN4O4S. The van der Waals surface area contributed by atoms with Crippen molar-refractivity contribution in [1.82, 2.24) is 20.4 Å². The number of rotatable bonds is 12. The first kappa shape index (κ1) is 27.3. The number of carbonyl (C=O) groups is 1. The van der Waals surface area contributed by atoms with Gasteiger partial charge in [0.25, 0.3) is 0 Å². The van der Waals surface area contributed by atoms with Gasteiger partial charge in [-0.25, -0.2) is 0 Å². The Bertz CT molecular complexity index is 1170. The Labute approximate surface area is 227 Å². The lowest BCUT2D eigenvalue weighted by Crippen LogP contribution is -2.40. The maximum absolute atomic E-state index is 12.6. The van der Waals surface area contributed by atoms with Gasteiger partial charge in [-0.05, 0) is 74.0 Å². The summed E-state index contributed by atoms with van der Waals surface area (Å²) in [5.41, 5.74) is 2.02. The van der Waals surface area contributed by atoms with E-state index in [9.17, 15) is 4.79 Å². The molecule has 3 aromatic rings. The van der Waals surface area contributed by atoms with Crippen LogP contribution in [0, 0.1) is 5.92 Å². The minimum absolute atomic E-state index is 0.0559. The summed E-state index contributed by atoms with van der Waals surface area (Å²) in [5, 5.41) is 8.00. The number of thioether (sulfide) groups is 1. The van der Waals surface area contributed by atoms with Crippen LogP contribution < -0.4 is 14.8 Å². The Morgan fingerprint density at radius 3 is 2.73 bits per heavy atom. The normalized spacial score (nSPS) is 14.5. The molecule has 1 aliphatic heterocycles. The summed E-state index contributed by atoms with van der Waals surface area (Å²) in [7, 11) is 3.19. The van der Waals surface area contributed by atoms with Crippen LogP contribution in [0.5, 0.6) is 11.5 Å². The topological polar surface area (TPSA) is 89.7 Å². The second-order valence-electron chi connectivity index (χ2n) is 8.96. The molecule has 0 atom stereocenters. The van der Waals surface area contributed by atoms with Crippen molar-refractivity contribution in [2.24, 2.45) is 5.92 Å². The molecule has 0 saturated carbocycles. The summed E-state index contributed by atoms with van der Waals surface area (Å²) in [6.45, 7) is 2.92. The molecule has 1 aromatic heterocycles. The SMILES string of the molecule is COc1ccc(-c2noc(CN3CCC(C(=O)NCCCSCc4cccc(Cl)c4)CC3)n2)cc1OC. The summed E-state index contributed by atoms with van der Waals surface area (Å²) in [6, 6.07) is 13.5. The zero-order valence-electron chi connectivity index (χ0n) is 21.2. The maximum atomic E-state index is 12.6. The van der Waals surface area contributed by atoms with Gasteiger partial charge in [-0.3, -0.25) is 9.69 Å². The van der Waals surface area contributed by atoms with Gasteiger partial charge >= 0.3 is 0 Å². The fraction of sp³-hybridized carbons (Fsp3) is 0.444. The van der Waals surface area contributed by atoms with E-state index in [0.29, 0.717) is 36.3 Å². The average Bonchev–Trinajstić information content (AvgIpc) is 3.39. The van der Waals surface area contributed by atoms with Gasteiger partial charge in [0, 0.05) is 28.8 Å². The van der Waals surface area contributed by atoms with Gasteiger partial charge in [0.2, 0.25) is 17.6 Å². The number of benzene rings is 2. The summed E-state index contributed by atoms with van der Waals surface area (Å²) >= 11 is 7.89. The molecule has 1 N–H and O–H groups in total. The quantitative estimate of drug-likeness (QED) is 0.316. The monoisotopic (exact) mass is 544 g/mol. The smallest absolute Gasteiger partial charge is 0.241 e. The fourth-order valence-electron chi connectivity index (χ4n) is 4.30. The number of amides is 1. The second kappa shape index (κ2) is 13.7. The Morgan fingerprint density at radius 2 is 1.97 bits per heavy atom. The number of ether oxygens (including phenoxy) is 2. The highest BCUT2D eigenvalue weighted by Gasteiger charge is 2.26. The van der Waals surface area contributed by atoms with Crippen molar-refractivity contribution in [3.05, 3.63) is 58.9 Å². The van der Waals surface area contributed by atoms with Gasteiger partial charge in [0.05, 0.1) is 20.8 Å².